The first-order chi connectivity index (χ1) is 51.4. The highest BCUT2D eigenvalue weighted by Gasteiger charge is 2.30. The van der Waals surface area contributed by atoms with Crippen LogP contribution in [0.2, 0.25) is 0 Å². The van der Waals surface area contributed by atoms with Gasteiger partial charge >= 0.3 is 39.5 Å². The topological polar surface area (TPSA) is 237 Å². The van der Waals surface area contributed by atoms with Gasteiger partial charge in [-0.15, -0.1) is 0 Å². The molecule has 0 bridgehead atoms. The Morgan fingerprint density at radius 3 is 0.642 bits per heavy atom. The van der Waals surface area contributed by atoms with Gasteiger partial charge in [0, 0.05) is 25.7 Å². The van der Waals surface area contributed by atoms with Gasteiger partial charge in [0.2, 0.25) is 0 Å². The fourth-order valence-electron chi connectivity index (χ4n) is 13.6. The first kappa shape index (κ1) is 104. The number of phosphoric ester groups is 2. The maximum Gasteiger partial charge on any atom is 0.472 e. The van der Waals surface area contributed by atoms with E-state index in [4.69, 9.17) is 37.0 Å². The Morgan fingerprint density at radius 2 is 0.434 bits per heavy atom. The molecule has 630 valence electrons. The van der Waals surface area contributed by atoms with Crippen LogP contribution in [-0.4, -0.2) is 96.7 Å². The van der Waals surface area contributed by atoms with E-state index >= 15 is 0 Å². The minimum absolute atomic E-state index is 0.107. The van der Waals surface area contributed by atoms with Gasteiger partial charge < -0.3 is 33.8 Å². The summed E-state index contributed by atoms with van der Waals surface area (Å²) < 4.78 is 68.9. The molecule has 0 radical (unpaired) electrons. The number of carbonyl (C=O) groups is 4. The van der Waals surface area contributed by atoms with Crippen LogP contribution in [-0.2, 0) is 65.4 Å². The van der Waals surface area contributed by atoms with Crippen molar-refractivity contribution in [2.24, 2.45) is 11.8 Å². The molecule has 0 aliphatic carbocycles. The Hall–Kier alpha value is -1.94. The number of rotatable bonds is 86. The summed E-state index contributed by atoms with van der Waals surface area (Å²) in [5.74, 6) is -0.504. The zero-order valence-electron chi connectivity index (χ0n) is 69.7. The number of aliphatic hydroxyl groups excluding tert-OH is 1. The number of esters is 4. The quantitative estimate of drug-likeness (QED) is 0.0222. The summed E-state index contributed by atoms with van der Waals surface area (Å²) in [5.41, 5.74) is 0. The summed E-state index contributed by atoms with van der Waals surface area (Å²) >= 11 is 0. The smallest absolute Gasteiger partial charge is 0.462 e. The van der Waals surface area contributed by atoms with Crippen LogP contribution in [0.4, 0.5) is 0 Å². The zero-order chi connectivity index (χ0) is 77.8. The number of hydrogen-bond donors (Lipinski definition) is 3. The van der Waals surface area contributed by atoms with Crippen LogP contribution in [0.1, 0.15) is 465 Å². The second-order valence-electron chi connectivity index (χ2n) is 32.2. The molecule has 0 saturated carbocycles. The lowest BCUT2D eigenvalue weighted by Gasteiger charge is -2.21. The fourth-order valence-corrected chi connectivity index (χ4v) is 15.2. The van der Waals surface area contributed by atoms with Crippen LogP contribution in [0.25, 0.3) is 0 Å². The van der Waals surface area contributed by atoms with E-state index in [2.05, 4.69) is 41.5 Å². The van der Waals surface area contributed by atoms with Gasteiger partial charge in [-0.1, -0.05) is 414 Å². The standard InChI is InChI=1S/C87H170O17P2/c1-7-9-11-13-15-17-19-20-21-22-23-24-28-31-34-40-46-52-58-64-70-85(90)98-76-83(104-86(91)71-65-59-53-47-41-35-32-29-26-25-27-30-33-38-43-49-55-61-67-79(3)4)78-102-106(95,96)100-74-81(88)73-99-105(93,94)101-77-82(75-97-84(89)69-63-57-51-45-18-16-14-12-10-8-2)103-87(92)72-66-60-54-48-42-37-36-39-44-50-56-62-68-80(5)6/h79-83,88H,7-78H2,1-6H3,(H,93,94)(H,95,96)/t81-,82+,83+/m0/s1. The molecule has 0 rings (SSSR count). The molecule has 0 heterocycles. The van der Waals surface area contributed by atoms with E-state index in [1.165, 1.54) is 283 Å². The first-order valence-corrected chi connectivity index (χ1v) is 48.0. The summed E-state index contributed by atoms with van der Waals surface area (Å²) in [6.45, 7) is 9.71. The van der Waals surface area contributed by atoms with E-state index in [1.54, 1.807) is 0 Å². The molecule has 17 nitrogen and oxygen atoms in total. The molecular weight excluding hydrogens is 1380 g/mol. The molecule has 0 aromatic carbocycles. The van der Waals surface area contributed by atoms with Crippen molar-refractivity contribution < 1.29 is 80.2 Å². The number of ether oxygens (including phenoxy) is 4. The van der Waals surface area contributed by atoms with E-state index in [0.29, 0.717) is 25.7 Å². The zero-order valence-corrected chi connectivity index (χ0v) is 71.5. The lowest BCUT2D eigenvalue weighted by atomic mass is 10.0. The Labute approximate surface area is 651 Å². The molecule has 0 aliphatic rings. The predicted molar refractivity (Wildman–Crippen MR) is 437 cm³/mol. The van der Waals surface area contributed by atoms with Gasteiger partial charge in [-0.2, -0.15) is 0 Å². The Morgan fingerprint density at radius 1 is 0.255 bits per heavy atom. The predicted octanol–water partition coefficient (Wildman–Crippen LogP) is 26.6. The highest BCUT2D eigenvalue weighted by atomic mass is 31.2. The van der Waals surface area contributed by atoms with Gasteiger partial charge in [-0.05, 0) is 37.5 Å². The van der Waals surface area contributed by atoms with Crippen molar-refractivity contribution >= 4 is 39.5 Å². The van der Waals surface area contributed by atoms with E-state index in [0.717, 1.165) is 102 Å². The van der Waals surface area contributed by atoms with Crippen LogP contribution < -0.4 is 0 Å². The number of unbranched alkanes of at least 4 members (excludes halogenated alkanes) is 56. The SMILES string of the molecule is CCCCCCCCCCCCCCCCCCCCCCC(=O)OC[C@H](COP(=O)(O)OC[C@@H](O)COP(=O)(O)OC[C@@H](COC(=O)CCCCCCCCCCCC)OC(=O)CCCCCCCCCCCCCCC(C)C)OC(=O)CCCCCCCCCCCCCCCCCCCCC(C)C. The Kier molecular flexibility index (Phi) is 76.9. The molecule has 19 heteroatoms. The van der Waals surface area contributed by atoms with Crippen LogP contribution >= 0.6 is 15.6 Å². The maximum atomic E-state index is 13.2. The van der Waals surface area contributed by atoms with Crippen molar-refractivity contribution in [2.45, 2.75) is 484 Å². The highest BCUT2D eigenvalue weighted by molar-refractivity contribution is 7.47. The van der Waals surface area contributed by atoms with Crippen molar-refractivity contribution in [3.05, 3.63) is 0 Å². The second kappa shape index (κ2) is 78.3. The third-order valence-electron chi connectivity index (χ3n) is 20.5. The average molecular weight is 1550 g/mol. The van der Waals surface area contributed by atoms with Crippen molar-refractivity contribution in [2.75, 3.05) is 39.6 Å². The van der Waals surface area contributed by atoms with E-state index < -0.39 is 97.5 Å². The minimum atomic E-state index is -4.97. The monoisotopic (exact) mass is 1550 g/mol. The highest BCUT2D eigenvalue weighted by Crippen LogP contribution is 2.45. The van der Waals surface area contributed by atoms with Gasteiger partial charge in [0.15, 0.2) is 12.2 Å². The van der Waals surface area contributed by atoms with E-state index in [1.807, 2.05) is 0 Å². The maximum absolute atomic E-state index is 13.2. The summed E-state index contributed by atoms with van der Waals surface area (Å²) in [4.78, 5) is 73.2. The summed E-state index contributed by atoms with van der Waals surface area (Å²) in [6.07, 6.45) is 70.9. The Bertz CT molecular complexity index is 2030. The number of carbonyl (C=O) groups excluding carboxylic acids is 4. The minimum Gasteiger partial charge on any atom is -0.462 e. The van der Waals surface area contributed by atoms with Gasteiger partial charge in [0.1, 0.15) is 19.3 Å². The molecule has 0 aliphatic heterocycles. The fraction of sp³-hybridized carbons (Fsp3) is 0.954. The van der Waals surface area contributed by atoms with Crippen LogP contribution in [0, 0.1) is 11.8 Å². The van der Waals surface area contributed by atoms with Crippen molar-refractivity contribution in [1.29, 1.82) is 0 Å². The molecule has 2 unspecified atom stereocenters. The number of hydrogen-bond acceptors (Lipinski definition) is 15. The van der Waals surface area contributed by atoms with Crippen LogP contribution in [0.15, 0.2) is 0 Å². The molecule has 3 N–H and O–H groups in total. The lowest BCUT2D eigenvalue weighted by Crippen LogP contribution is -2.30. The van der Waals surface area contributed by atoms with E-state index in [9.17, 15) is 43.2 Å². The van der Waals surface area contributed by atoms with E-state index in [-0.39, 0.29) is 25.7 Å². The van der Waals surface area contributed by atoms with Gasteiger partial charge in [-0.3, -0.25) is 37.3 Å². The third kappa shape index (κ3) is 80.1. The molecule has 0 saturated heterocycles. The lowest BCUT2D eigenvalue weighted by molar-refractivity contribution is -0.161. The van der Waals surface area contributed by atoms with Gasteiger partial charge in [-0.25, -0.2) is 9.13 Å². The molecule has 0 aromatic heterocycles. The second-order valence-corrected chi connectivity index (χ2v) is 35.1. The molecule has 0 spiro atoms. The van der Waals surface area contributed by atoms with Crippen LogP contribution in [0.3, 0.4) is 0 Å². The molecule has 106 heavy (non-hydrogen) atoms. The molecule has 5 atom stereocenters. The van der Waals surface area contributed by atoms with Crippen molar-refractivity contribution in [3.8, 4) is 0 Å². The summed E-state index contributed by atoms with van der Waals surface area (Å²) in [7, 11) is -9.93. The number of phosphoric acid groups is 2. The van der Waals surface area contributed by atoms with Crippen molar-refractivity contribution in [1.82, 2.24) is 0 Å². The normalized spacial score (nSPS) is 13.8. The molecule has 0 fully saturated rings. The van der Waals surface area contributed by atoms with Crippen LogP contribution in [0.5, 0.6) is 0 Å². The Balaban J connectivity index is 5.22. The first-order valence-electron chi connectivity index (χ1n) is 45.0. The summed E-state index contributed by atoms with van der Waals surface area (Å²) in [5, 5.41) is 10.7. The van der Waals surface area contributed by atoms with Gasteiger partial charge in [0.25, 0.3) is 0 Å². The molecule has 0 aromatic rings. The van der Waals surface area contributed by atoms with Crippen molar-refractivity contribution in [3.63, 3.8) is 0 Å². The summed E-state index contributed by atoms with van der Waals surface area (Å²) in [6, 6.07) is 0. The molecule has 0 amide bonds. The van der Waals surface area contributed by atoms with Gasteiger partial charge in [0.05, 0.1) is 26.4 Å². The number of aliphatic hydroxyl groups is 1. The third-order valence-corrected chi connectivity index (χ3v) is 22.4. The average Bonchev–Trinajstić information content (AvgIpc) is 0.915. The molecular formula is C87H170O17P2. The largest absolute Gasteiger partial charge is 0.472 e.